The summed E-state index contributed by atoms with van der Waals surface area (Å²) < 4.78 is 0. The van der Waals surface area contributed by atoms with Gasteiger partial charge in [0.05, 0.1) is 22.7 Å². The van der Waals surface area contributed by atoms with Crippen LogP contribution in [0.5, 0.6) is 0 Å². The Morgan fingerprint density at radius 2 is 1.95 bits per heavy atom. The number of benzene rings is 2. The van der Waals surface area contributed by atoms with Crippen LogP contribution in [-0.2, 0) is 5.75 Å². The topological polar surface area (TPSA) is 52.5 Å². The molecule has 3 nitrogen and oxygen atoms in total. The fraction of sp³-hybridized carbons (Fsp3) is 0.176. The minimum atomic E-state index is 0.729. The van der Waals surface area contributed by atoms with Crippen LogP contribution in [0.2, 0.25) is 0 Å². The van der Waals surface area contributed by atoms with Crippen molar-refractivity contribution in [3.63, 3.8) is 0 Å². The number of nitriles is 1. The van der Waals surface area contributed by atoms with Crippen LogP contribution < -0.4 is 0 Å². The number of nitrogens with one attached hydrogen (secondary N) is 1. The molecule has 104 valence electrons. The van der Waals surface area contributed by atoms with Crippen LogP contribution in [0.3, 0.4) is 0 Å². The molecule has 2 aromatic carbocycles. The van der Waals surface area contributed by atoms with Gasteiger partial charge >= 0.3 is 0 Å². The number of aromatic nitrogens is 2. The summed E-state index contributed by atoms with van der Waals surface area (Å²) in [4.78, 5) is 7.95. The van der Waals surface area contributed by atoms with Crippen LogP contribution in [0, 0.1) is 25.2 Å². The summed E-state index contributed by atoms with van der Waals surface area (Å²) in [5.41, 5.74) is 6.34. The van der Waals surface area contributed by atoms with Crippen molar-refractivity contribution in [3.05, 3.63) is 58.7 Å². The third-order valence-electron chi connectivity index (χ3n) is 3.58. The van der Waals surface area contributed by atoms with Crippen LogP contribution >= 0.6 is 11.8 Å². The number of nitrogens with zero attached hydrogens (tertiary/aromatic N) is 2. The van der Waals surface area contributed by atoms with Gasteiger partial charge < -0.3 is 4.98 Å². The van der Waals surface area contributed by atoms with Crippen molar-refractivity contribution in [3.8, 4) is 6.07 Å². The van der Waals surface area contributed by atoms with Crippen molar-refractivity contribution in [1.82, 2.24) is 9.97 Å². The van der Waals surface area contributed by atoms with Gasteiger partial charge in [-0.05, 0) is 48.7 Å². The van der Waals surface area contributed by atoms with Gasteiger partial charge in [-0.25, -0.2) is 4.98 Å². The molecule has 0 atom stereocenters. The van der Waals surface area contributed by atoms with E-state index in [1.165, 1.54) is 11.1 Å². The lowest BCUT2D eigenvalue weighted by Crippen LogP contribution is -1.87. The van der Waals surface area contributed by atoms with Gasteiger partial charge in [0.1, 0.15) is 0 Å². The highest BCUT2D eigenvalue weighted by atomic mass is 32.2. The Balaban J connectivity index is 1.84. The second-order valence-corrected chi connectivity index (χ2v) is 6.02. The highest BCUT2D eigenvalue weighted by Crippen LogP contribution is 2.25. The van der Waals surface area contributed by atoms with E-state index >= 15 is 0 Å². The summed E-state index contributed by atoms with van der Waals surface area (Å²) in [5.74, 6) is 0.738. The highest BCUT2D eigenvalue weighted by Gasteiger charge is 2.07. The minimum Gasteiger partial charge on any atom is -0.333 e. The predicted octanol–water partition coefficient (Wildman–Crippen LogP) is 4.34. The number of hydrogen-bond acceptors (Lipinski definition) is 3. The molecule has 21 heavy (non-hydrogen) atoms. The number of thioether (sulfide) groups is 1. The molecule has 0 unspecified atom stereocenters. The standard InChI is InChI=1S/C17H15N3S/c1-11-7-15-16(8-12(11)2)20-17(19-15)21-10-14-6-4-3-5-13(14)9-18/h3-8H,10H2,1-2H3,(H,19,20). The molecule has 0 spiro atoms. The minimum absolute atomic E-state index is 0.729. The third-order valence-corrected chi connectivity index (χ3v) is 4.50. The average molecular weight is 293 g/mol. The lowest BCUT2D eigenvalue weighted by atomic mass is 10.1. The molecule has 0 aliphatic heterocycles. The van der Waals surface area contributed by atoms with E-state index in [-0.39, 0.29) is 0 Å². The highest BCUT2D eigenvalue weighted by molar-refractivity contribution is 7.98. The Bertz CT molecular complexity index is 804. The van der Waals surface area contributed by atoms with Gasteiger partial charge in [-0.2, -0.15) is 5.26 Å². The zero-order valence-corrected chi connectivity index (χ0v) is 12.8. The monoisotopic (exact) mass is 293 g/mol. The maximum Gasteiger partial charge on any atom is 0.166 e. The summed E-state index contributed by atoms with van der Waals surface area (Å²) >= 11 is 1.62. The predicted molar refractivity (Wildman–Crippen MR) is 86.3 cm³/mol. The van der Waals surface area contributed by atoms with E-state index in [1.807, 2.05) is 24.3 Å². The molecule has 1 N–H and O–H groups in total. The number of rotatable bonds is 3. The van der Waals surface area contributed by atoms with Crippen LogP contribution in [0.1, 0.15) is 22.3 Å². The van der Waals surface area contributed by atoms with Crippen LogP contribution in [0.15, 0.2) is 41.6 Å². The summed E-state index contributed by atoms with van der Waals surface area (Å²) in [6.45, 7) is 4.20. The largest absolute Gasteiger partial charge is 0.333 e. The van der Waals surface area contributed by atoms with Gasteiger partial charge in [-0.1, -0.05) is 30.0 Å². The lowest BCUT2D eigenvalue weighted by molar-refractivity contribution is 1.08. The maximum absolute atomic E-state index is 9.11. The molecule has 0 bridgehead atoms. The van der Waals surface area contributed by atoms with Crippen LogP contribution in [-0.4, -0.2) is 9.97 Å². The average Bonchev–Trinajstić information content (AvgIpc) is 2.87. The lowest BCUT2D eigenvalue weighted by Gasteiger charge is -2.01. The molecule has 0 saturated heterocycles. The molecule has 4 heteroatoms. The van der Waals surface area contributed by atoms with Crippen molar-refractivity contribution in [2.75, 3.05) is 0 Å². The Morgan fingerprint density at radius 3 is 2.76 bits per heavy atom. The summed E-state index contributed by atoms with van der Waals surface area (Å²) in [7, 11) is 0. The number of aryl methyl sites for hydroxylation is 2. The van der Waals surface area contributed by atoms with Gasteiger partial charge in [0.25, 0.3) is 0 Å². The Morgan fingerprint density at radius 1 is 1.19 bits per heavy atom. The number of imidazole rings is 1. The first-order valence-corrected chi connectivity index (χ1v) is 7.73. The molecule has 0 radical (unpaired) electrons. The smallest absolute Gasteiger partial charge is 0.166 e. The molecule has 3 aromatic rings. The fourth-order valence-corrected chi connectivity index (χ4v) is 3.10. The van der Waals surface area contributed by atoms with E-state index in [0.717, 1.165) is 33.1 Å². The van der Waals surface area contributed by atoms with Crippen LogP contribution in [0.25, 0.3) is 11.0 Å². The third kappa shape index (κ3) is 2.79. The second-order valence-electron chi connectivity index (χ2n) is 5.05. The summed E-state index contributed by atoms with van der Waals surface area (Å²) in [6, 6.07) is 14.2. The van der Waals surface area contributed by atoms with Gasteiger partial charge in [-0.15, -0.1) is 0 Å². The molecule has 0 fully saturated rings. The Labute approximate surface area is 128 Å². The van der Waals surface area contributed by atoms with Crippen molar-refractivity contribution < 1.29 is 0 Å². The SMILES string of the molecule is Cc1cc2nc(SCc3ccccc3C#N)[nH]c2cc1C. The van der Waals surface area contributed by atoms with Crippen LogP contribution in [0.4, 0.5) is 0 Å². The fourth-order valence-electron chi connectivity index (χ4n) is 2.22. The van der Waals surface area contributed by atoms with Gasteiger partial charge in [0.2, 0.25) is 0 Å². The van der Waals surface area contributed by atoms with Gasteiger partial charge in [0.15, 0.2) is 5.16 Å². The number of fused-ring (bicyclic) bond motifs is 1. The number of hydrogen-bond donors (Lipinski definition) is 1. The molecule has 0 saturated carbocycles. The molecule has 1 aromatic heterocycles. The zero-order chi connectivity index (χ0) is 14.8. The number of aromatic amines is 1. The van der Waals surface area contributed by atoms with Gasteiger partial charge in [-0.3, -0.25) is 0 Å². The Hall–Kier alpha value is -2.25. The summed E-state index contributed by atoms with van der Waals surface area (Å²) in [5, 5.41) is 10.00. The van der Waals surface area contributed by atoms with E-state index in [2.05, 4.69) is 42.0 Å². The molecule has 0 aliphatic rings. The molecular formula is C17H15N3S. The maximum atomic E-state index is 9.11. The van der Waals surface area contributed by atoms with Crippen molar-refractivity contribution in [2.45, 2.75) is 24.8 Å². The normalized spacial score (nSPS) is 10.7. The van der Waals surface area contributed by atoms with E-state index in [4.69, 9.17) is 5.26 Å². The van der Waals surface area contributed by atoms with E-state index in [9.17, 15) is 0 Å². The van der Waals surface area contributed by atoms with Crippen molar-refractivity contribution >= 4 is 22.8 Å². The molecule has 0 aliphatic carbocycles. The first-order valence-electron chi connectivity index (χ1n) is 6.75. The van der Waals surface area contributed by atoms with Crippen molar-refractivity contribution in [1.29, 1.82) is 5.26 Å². The van der Waals surface area contributed by atoms with Gasteiger partial charge in [0, 0.05) is 5.75 Å². The second kappa shape index (κ2) is 5.63. The zero-order valence-electron chi connectivity index (χ0n) is 12.0. The quantitative estimate of drug-likeness (QED) is 0.731. The molecule has 1 heterocycles. The van der Waals surface area contributed by atoms with E-state index in [0.29, 0.717) is 0 Å². The van der Waals surface area contributed by atoms with Crippen molar-refractivity contribution in [2.24, 2.45) is 0 Å². The summed E-state index contributed by atoms with van der Waals surface area (Å²) in [6.07, 6.45) is 0. The molecule has 3 rings (SSSR count). The molecule has 0 amide bonds. The van der Waals surface area contributed by atoms with E-state index in [1.54, 1.807) is 11.8 Å². The van der Waals surface area contributed by atoms with E-state index < -0.39 is 0 Å². The first-order chi connectivity index (χ1) is 10.2. The first kappa shape index (κ1) is 13.7. The Kier molecular flexibility index (Phi) is 3.68. The number of H-pyrrole nitrogens is 1. The molecular weight excluding hydrogens is 278 g/mol.